The van der Waals surface area contributed by atoms with E-state index in [4.69, 9.17) is 0 Å². The van der Waals surface area contributed by atoms with Crippen molar-refractivity contribution in [2.75, 3.05) is 4.72 Å². The third kappa shape index (κ3) is 2.82. The zero-order valence-electron chi connectivity index (χ0n) is 7.66. The number of rotatable bonds is 3. The van der Waals surface area contributed by atoms with Crippen molar-refractivity contribution in [1.29, 1.82) is 0 Å². The molecule has 0 amide bonds. The zero-order valence-corrected chi connectivity index (χ0v) is 8.48. The Morgan fingerprint density at radius 1 is 1.54 bits per heavy atom. The van der Waals surface area contributed by atoms with Gasteiger partial charge in [0.2, 0.25) is 0 Å². The Morgan fingerprint density at radius 2 is 2.23 bits per heavy atom. The molecule has 0 heterocycles. The van der Waals surface area contributed by atoms with Crippen LogP contribution in [0, 0.1) is 6.92 Å². The number of anilines is 1. The fraction of sp³-hybridized carbons (Fsp3) is 0.333. The van der Waals surface area contributed by atoms with Gasteiger partial charge in [0.15, 0.2) is 0 Å². The molecular weight excluding hydrogens is 186 g/mol. The summed E-state index contributed by atoms with van der Waals surface area (Å²) in [6, 6.07) is 5.52. The minimum atomic E-state index is -2.23. The molecule has 0 aromatic heterocycles. The van der Waals surface area contributed by atoms with E-state index < -0.39 is 11.3 Å². The lowest BCUT2D eigenvalue weighted by molar-refractivity contribution is 0.542. The number of hydrogen-bond donors (Lipinski definition) is 1. The predicted octanol–water partition coefficient (Wildman–Crippen LogP) is 1.76. The first-order valence-electron chi connectivity index (χ1n) is 4.09. The molecule has 0 radical (unpaired) electrons. The highest BCUT2D eigenvalue weighted by Crippen LogP contribution is 2.15. The second-order valence-corrected chi connectivity index (χ2v) is 3.51. The van der Waals surface area contributed by atoms with E-state index in [0.29, 0.717) is 5.69 Å². The van der Waals surface area contributed by atoms with Gasteiger partial charge in [-0.05, 0) is 36.6 Å². The van der Waals surface area contributed by atoms with Crippen LogP contribution >= 0.6 is 0 Å². The van der Waals surface area contributed by atoms with Gasteiger partial charge in [0.1, 0.15) is 0 Å². The van der Waals surface area contributed by atoms with Crippen molar-refractivity contribution in [3.8, 4) is 0 Å². The zero-order chi connectivity index (χ0) is 9.84. The third-order valence-electron chi connectivity index (χ3n) is 1.93. The first kappa shape index (κ1) is 10.2. The molecule has 0 saturated heterocycles. The predicted molar refractivity (Wildman–Crippen MR) is 53.1 cm³/mol. The van der Waals surface area contributed by atoms with Gasteiger partial charge in [0, 0.05) is 17.0 Å². The van der Waals surface area contributed by atoms with E-state index in [2.05, 4.69) is 4.72 Å². The minimum absolute atomic E-state index is 0.621. The lowest BCUT2D eigenvalue weighted by Gasteiger charge is -2.10. The fourth-order valence-electron chi connectivity index (χ4n) is 1.21. The second-order valence-electron chi connectivity index (χ2n) is 2.83. The summed E-state index contributed by atoms with van der Waals surface area (Å²) in [6.45, 7) is 4.05. The molecule has 0 aliphatic heterocycles. The SMILES string of the molecule is CCc1cc(NS(=O)[O-])ccc1C. The van der Waals surface area contributed by atoms with Crippen LogP contribution in [0.5, 0.6) is 0 Å². The van der Waals surface area contributed by atoms with Gasteiger partial charge in [-0.3, -0.25) is 4.21 Å². The summed E-state index contributed by atoms with van der Waals surface area (Å²) in [5.41, 5.74) is 2.97. The summed E-state index contributed by atoms with van der Waals surface area (Å²) in [5, 5.41) is 0. The molecule has 0 aliphatic carbocycles. The minimum Gasteiger partial charge on any atom is -0.755 e. The van der Waals surface area contributed by atoms with Crippen molar-refractivity contribution >= 4 is 17.0 Å². The average Bonchev–Trinajstić information content (AvgIpc) is 2.07. The van der Waals surface area contributed by atoms with Gasteiger partial charge in [0.05, 0.1) is 0 Å². The van der Waals surface area contributed by atoms with E-state index in [1.54, 1.807) is 6.07 Å². The highest BCUT2D eigenvalue weighted by atomic mass is 32.2. The van der Waals surface area contributed by atoms with E-state index >= 15 is 0 Å². The van der Waals surface area contributed by atoms with E-state index in [0.717, 1.165) is 12.0 Å². The van der Waals surface area contributed by atoms with Crippen LogP contribution < -0.4 is 4.72 Å². The van der Waals surface area contributed by atoms with Crippen molar-refractivity contribution in [2.24, 2.45) is 0 Å². The first-order valence-corrected chi connectivity index (χ1v) is 5.16. The summed E-state index contributed by atoms with van der Waals surface area (Å²) >= 11 is -2.23. The van der Waals surface area contributed by atoms with Crippen LogP contribution in [0.25, 0.3) is 0 Å². The van der Waals surface area contributed by atoms with Crippen LogP contribution in [0.2, 0.25) is 0 Å². The summed E-state index contributed by atoms with van der Waals surface area (Å²) in [6.07, 6.45) is 0.910. The van der Waals surface area contributed by atoms with Gasteiger partial charge in [-0.25, -0.2) is 0 Å². The third-order valence-corrected chi connectivity index (χ3v) is 2.33. The van der Waals surface area contributed by atoms with Crippen LogP contribution in [0.1, 0.15) is 18.1 Å². The normalized spacial score (nSPS) is 12.5. The maximum atomic E-state index is 10.3. The van der Waals surface area contributed by atoms with E-state index in [9.17, 15) is 8.76 Å². The molecular formula is C9H12NO2S-. The smallest absolute Gasteiger partial charge is 0.0455 e. The highest BCUT2D eigenvalue weighted by Gasteiger charge is 1.97. The average molecular weight is 198 g/mol. The first-order chi connectivity index (χ1) is 6.13. The Bertz CT molecular complexity index is 325. The topological polar surface area (TPSA) is 52.2 Å². The van der Waals surface area contributed by atoms with Gasteiger partial charge in [-0.15, -0.1) is 0 Å². The maximum absolute atomic E-state index is 10.3. The monoisotopic (exact) mass is 198 g/mol. The number of aryl methyl sites for hydroxylation is 2. The fourth-order valence-corrected chi connectivity index (χ4v) is 1.53. The number of nitrogens with one attached hydrogen (secondary N) is 1. The summed E-state index contributed by atoms with van der Waals surface area (Å²) < 4.78 is 23.0. The molecule has 0 aliphatic rings. The summed E-state index contributed by atoms with van der Waals surface area (Å²) in [7, 11) is 0. The highest BCUT2D eigenvalue weighted by molar-refractivity contribution is 7.80. The maximum Gasteiger partial charge on any atom is 0.0455 e. The lowest BCUT2D eigenvalue weighted by atomic mass is 10.1. The Morgan fingerprint density at radius 3 is 2.77 bits per heavy atom. The molecule has 1 N–H and O–H groups in total. The molecule has 72 valence electrons. The second kappa shape index (κ2) is 4.39. The van der Waals surface area contributed by atoms with Crippen molar-refractivity contribution < 1.29 is 8.76 Å². The molecule has 4 heteroatoms. The summed E-state index contributed by atoms with van der Waals surface area (Å²) in [4.78, 5) is 0. The van der Waals surface area contributed by atoms with Gasteiger partial charge in [-0.1, -0.05) is 13.0 Å². The summed E-state index contributed by atoms with van der Waals surface area (Å²) in [5.74, 6) is 0. The molecule has 1 atom stereocenters. The Balaban J connectivity index is 2.92. The van der Waals surface area contributed by atoms with Crippen LogP contribution in [0.15, 0.2) is 18.2 Å². The Labute approximate surface area is 80.6 Å². The van der Waals surface area contributed by atoms with Crippen molar-refractivity contribution in [2.45, 2.75) is 20.3 Å². The van der Waals surface area contributed by atoms with Crippen molar-refractivity contribution in [1.82, 2.24) is 0 Å². The van der Waals surface area contributed by atoms with E-state index in [1.807, 2.05) is 26.0 Å². The van der Waals surface area contributed by atoms with Crippen LogP contribution in [-0.2, 0) is 17.7 Å². The van der Waals surface area contributed by atoms with Crippen LogP contribution in [0.3, 0.4) is 0 Å². The van der Waals surface area contributed by atoms with Gasteiger partial charge in [-0.2, -0.15) is 0 Å². The molecule has 1 rings (SSSR count). The molecule has 0 fully saturated rings. The number of benzene rings is 1. The Hall–Kier alpha value is -0.870. The Kier molecular flexibility index (Phi) is 3.45. The van der Waals surface area contributed by atoms with Crippen LogP contribution in [-0.4, -0.2) is 8.76 Å². The largest absolute Gasteiger partial charge is 0.755 e. The molecule has 1 aromatic rings. The molecule has 0 saturated carbocycles. The lowest BCUT2D eigenvalue weighted by Crippen LogP contribution is -2.02. The van der Waals surface area contributed by atoms with Gasteiger partial charge < -0.3 is 9.27 Å². The van der Waals surface area contributed by atoms with Gasteiger partial charge in [0.25, 0.3) is 0 Å². The van der Waals surface area contributed by atoms with Crippen LogP contribution in [0.4, 0.5) is 5.69 Å². The molecule has 13 heavy (non-hydrogen) atoms. The molecule has 1 unspecified atom stereocenters. The molecule has 1 aromatic carbocycles. The van der Waals surface area contributed by atoms with E-state index in [-0.39, 0.29) is 0 Å². The molecule has 0 bridgehead atoms. The quantitative estimate of drug-likeness (QED) is 0.752. The molecule has 3 nitrogen and oxygen atoms in total. The molecule has 0 spiro atoms. The standard InChI is InChI=1S/C9H13NO2S/c1-3-8-6-9(10-13(11)12)5-4-7(8)2/h4-6,10H,3H2,1-2H3,(H,11,12)/p-1. The van der Waals surface area contributed by atoms with E-state index in [1.165, 1.54) is 5.56 Å². The van der Waals surface area contributed by atoms with Crippen molar-refractivity contribution in [3.63, 3.8) is 0 Å². The van der Waals surface area contributed by atoms with Crippen molar-refractivity contribution in [3.05, 3.63) is 29.3 Å². The number of hydrogen-bond acceptors (Lipinski definition) is 2. The van der Waals surface area contributed by atoms with Gasteiger partial charge >= 0.3 is 0 Å².